The van der Waals surface area contributed by atoms with Gasteiger partial charge >= 0.3 is 5.97 Å². The van der Waals surface area contributed by atoms with E-state index in [1.807, 2.05) is 13.8 Å². The molecule has 148 valence electrons. The van der Waals surface area contributed by atoms with Crippen LogP contribution in [0.2, 0.25) is 0 Å². The smallest absolute Gasteiger partial charge is 0.305 e. The van der Waals surface area contributed by atoms with Gasteiger partial charge in [-0.3, -0.25) is 9.79 Å². The van der Waals surface area contributed by atoms with Crippen molar-refractivity contribution < 1.29 is 19.0 Å². The third-order valence-electron chi connectivity index (χ3n) is 3.54. The third-order valence-corrected chi connectivity index (χ3v) is 3.54. The molecule has 0 bridgehead atoms. The average molecular weight is 471 g/mol. The minimum Gasteiger partial charge on any atom is -0.466 e. The van der Waals surface area contributed by atoms with Crippen LogP contribution in [0.15, 0.2) is 4.99 Å². The van der Waals surface area contributed by atoms with Gasteiger partial charge in [-0.1, -0.05) is 0 Å². The van der Waals surface area contributed by atoms with E-state index in [2.05, 4.69) is 15.6 Å². The van der Waals surface area contributed by atoms with E-state index in [4.69, 9.17) is 14.2 Å². The van der Waals surface area contributed by atoms with Crippen molar-refractivity contribution in [1.29, 1.82) is 0 Å². The van der Waals surface area contributed by atoms with Crippen LogP contribution in [-0.4, -0.2) is 64.1 Å². The van der Waals surface area contributed by atoms with E-state index in [9.17, 15) is 4.79 Å². The Morgan fingerprint density at radius 2 is 2.12 bits per heavy atom. The number of carbonyl (C=O) groups is 1. The molecule has 7 nitrogen and oxygen atoms in total. The Balaban J connectivity index is 0.00000576. The lowest BCUT2D eigenvalue weighted by molar-refractivity contribution is -0.143. The maximum atomic E-state index is 11.3. The summed E-state index contributed by atoms with van der Waals surface area (Å²) in [6, 6.07) is 0. The van der Waals surface area contributed by atoms with Crippen LogP contribution in [-0.2, 0) is 19.0 Å². The standard InChI is InChI=1S/C17H33N3O4.HI/c1-3-18-17(19-10-5-9-16(21)23-4-2)20-11-7-12-22-14-15-8-6-13-24-15;/h15H,3-14H2,1-2H3,(H2,18,19,20);1H. The Morgan fingerprint density at radius 3 is 2.80 bits per heavy atom. The molecule has 0 amide bonds. The zero-order valence-corrected chi connectivity index (χ0v) is 17.9. The Labute approximate surface area is 168 Å². The minimum absolute atomic E-state index is 0. The minimum atomic E-state index is -0.158. The first-order chi connectivity index (χ1) is 11.8. The van der Waals surface area contributed by atoms with Crippen LogP contribution in [0.4, 0.5) is 0 Å². The molecule has 0 aromatic heterocycles. The van der Waals surface area contributed by atoms with Crippen LogP contribution in [0.25, 0.3) is 0 Å². The Bertz CT molecular complexity index is 364. The van der Waals surface area contributed by atoms with Gasteiger partial charge < -0.3 is 24.8 Å². The molecule has 0 spiro atoms. The average Bonchev–Trinajstić information content (AvgIpc) is 3.08. The topological polar surface area (TPSA) is 81.2 Å². The monoisotopic (exact) mass is 471 g/mol. The summed E-state index contributed by atoms with van der Waals surface area (Å²) in [6.07, 6.45) is 4.57. The van der Waals surface area contributed by atoms with Gasteiger partial charge in [-0.2, -0.15) is 0 Å². The van der Waals surface area contributed by atoms with Crippen molar-refractivity contribution in [2.24, 2.45) is 4.99 Å². The van der Waals surface area contributed by atoms with Crippen LogP contribution in [0.1, 0.15) is 46.0 Å². The normalized spacial score (nSPS) is 17.0. The Kier molecular flexibility index (Phi) is 16.4. The van der Waals surface area contributed by atoms with Crippen LogP contribution in [0.5, 0.6) is 0 Å². The molecule has 1 rings (SSSR count). The van der Waals surface area contributed by atoms with E-state index >= 15 is 0 Å². The van der Waals surface area contributed by atoms with Gasteiger partial charge in [-0.05, 0) is 39.5 Å². The first-order valence-corrected chi connectivity index (χ1v) is 9.13. The third kappa shape index (κ3) is 13.3. The zero-order valence-electron chi connectivity index (χ0n) is 15.6. The van der Waals surface area contributed by atoms with Crippen molar-refractivity contribution in [3.8, 4) is 0 Å². The van der Waals surface area contributed by atoms with E-state index < -0.39 is 0 Å². The summed E-state index contributed by atoms with van der Waals surface area (Å²) in [4.78, 5) is 15.7. The van der Waals surface area contributed by atoms with Crippen LogP contribution < -0.4 is 10.6 Å². The van der Waals surface area contributed by atoms with Crippen molar-refractivity contribution in [3.05, 3.63) is 0 Å². The molecule has 1 saturated heterocycles. The quantitative estimate of drug-likeness (QED) is 0.149. The summed E-state index contributed by atoms with van der Waals surface area (Å²) in [5, 5.41) is 6.47. The van der Waals surface area contributed by atoms with Gasteiger partial charge in [0, 0.05) is 39.3 Å². The van der Waals surface area contributed by atoms with Gasteiger partial charge in [0.15, 0.2) is 5.96 Å². The van der Waals surface area contributed by atoms with Crippen LogP contribution in [0, 0.1) is 0 Å². The first kappa shape index (κ1) is 24.4. The summed E-state index contributed by atoms with van der Waals surface area (Å²) in [7, 11) is 0. The highest BCUT2D eigenvalue weighted by Gasteiger charge is 2.14. The molecule has 0 aromatic rings. The lowest BCUT2D eigenvalue weighted by Gasteiger charge is -2.12. The summed E-state index contributed by atoms with van der Waals surface area (Å²) < 4.78 is 16.0. The van der Waals surface area contributed by atoms with Gasteiger partial charge in [-0.15, -0.1) is 24.0 Å². The summed E-state index contributed by atoms with van der Waals surface area (Å²) in [6.45, 7) is 8.76. The lowest BCUT2D eigenvalue weighted by Crippen LogP contribution is -2.38. The molecule has 1 aliphatic heterocycles. The molecule has 0 saturated carbocycles. The molecule has 1 unspecified atom stereocenters. The number of guanidine groups is 1. The fourth-order valence-corrected chi connectivity index (χ4v) is 2.36. The number of halogens is 1. The zero-order chi connectivity index (χ0) is 17.5. The van der Waals surface area contributed by atoms with E-state index in [1.165, 1.54) is 0 Å². The number of hydrogen-bond acceptors (Lipinski definition) is 5. The SMILES string of the molecule is CCNC(=NCCCC(=O)OCC)NCCCOCC1CCCO1.I. The van der Waals surface area contributed by atoms with Crippen molar-refractivity contribution >= 4 is 35.9 Å². The number of nitrogens with zero attached hydrogens (tertiary/aromatic N) is 1. The van der Waals surface area contributed by atoms with Gasteiger partial charge in [0.25, 0.3) is 0 Å². The van der Waals surface area contributed by atoms with Gasteiger partial charge in [-0.25, -0.2) is 0 Å². The van der Waals surface area contributed by atoms with Gasteiger partial charge in [0.05, 0.1) is 19.3 Å². The van der Waals surface area contributed by atoms with Gasteiger partial charge in [0.1, 0.15) is 0 Å². The molecule has 2 N–H and O–H groups in total. The highest BCUT2D eigenvalue weighted by Crippen LogP contribution is 2.11. The Hall–Kier alpha value is -0.610. The van der Waals surface area contributed by atoms with E-state index in [1.54, 1.807) is 0 Å². The molecule has 8 heteroatoms. The van der Waals surface area contributed by atoms with Crippen LogP contribution >= 0.6 is 24.0 Å². The van der Waals surface area contributed by atoms with Gasteiger partial charge in [0.2, 0.25) is 0 Å². The predicted octanol–water partition coefficient (Wildman–Crippen LogP) is 2.09. The molecule has 25 heavy (non-hydrogen) atoms. The number of aliphatic imine (C=N–C) groups is 1. The van der Waals surface area contributed by atoms with Crippen molar-refractivity contribution in [3.63, 3.8) is 0 Å². The van der Waals surface area contributed by atoms with E-state index in [-0.39, 0.29) is 36.0 Å². The molecule has 0 radical (unpaired) electrons. The van der Waals surface area contributed by atoms with Crippen molar-refractivity contribution in [2.45, 2.75) is 52.1 Å². The second kappa shape index (κ2) is 16.8. The highest BCUT2D eigenvalue weighted by atomic mass is 127. The second-order valence-electron chi connectivity index (χ2n) is 5.66. The summed E-state index contributed by atoms with van der Waals surface area (Å²) in [5.41, 5.74) is 0. The fraction of sp³-hybridized carbons (Fsp3) is 0.882. The molecular formula is C17H34IN3O4. The first-order valence-electron chi connectivity index (χ1n) is 9.13. The summed E-state index contributed by atoms with van der Waals surface area (Å²) >= 11 is 0. The lowest BCUT2D eigenvalue weighted by atomic mass is 10.2. The van der Waals surface area contributed by atoms with E-state index in [0.717, 1.165) is 51.5 Å². The number of hydrogen-bond donors (Lipinski definition) is 2. The number of esters is 1. The largest absolute Gasteiger partial charge is 0.466 e. The summed E-state index contributed by atoms with van der Waals surface area (Å²) in [5.74, 6) is 0.620. The fourth-order valence-electron chi connectivity index (χ4n) is 2.36. The van der Waals surface area contributed by atoms with Crippen molar-refractivity contribution in [2.75, 3.05) is 46.1 Å². The second-order valence-corrected chi connectivity index (χ2v) is 5.66. The highest BCUT2D eigenvalue weighted by molar-refractivity contribution is 14.0. The van der Waals surface area contributed by atoms with Crippen molar-refractivity contribution in [1.82, 2.24) is 10.6 Å². The maximum absolute atomic E-state index is 11.3. The maximum Gasteiger partial charge on any atom is 0.305 e. The molecule has 1 fully saturated rings. The molecule has 0 aliphatic carbocycles. The molecule has 1 heterocycles. The van der Waals surface area contributed by atoms with Crippen LogP contribution in [0.3, 0.4) is 0 Å². The van der Waals surface area contributed by atoms with E-state index in [0.29, 0.717) is 32.6 Å². The predicted molar refractivity (Wildman–Crippen MR) is 110 cm³/mol. The molecule has 1 aliphatic rings. The number of nitrogens with one attached hydrogen (secondary N) is 2. The number of carbonyl (C=O) groups excluding carboxylic acids is 1. The Morgan fingerprint density at radius 1 is 1.28 bits per heavy atom. The number of ether oxygens (including phenoxy) is 3. The molecule has 1 atom stereocenters. The molecule has 0 aromatic carbocycles. The molecular weight excluding hydrogens is 437 g/mol. The number of rotatable bonds is 12.